The third-order valence-electron chi connectivity index (χ3n) is 4.24. The number of aryl methyl sites for hydroxylation is 1. The van der Waals surface area contributed by atoms with Crippen molar-refractivity contribution in [3.05, 3.63) is 56.7 Å². The number of carbonyl (C=O) groups is 2. The standard InChI is InChI=1S/C21H23IO7S/c1-13(2)17-12-18(14(3)10-19(17)30(25,26)27)29-20(23)8-5-9-28-21(24)15-6-4-7-16(22)11-15/h4,6-7,10-13H,5,8-9H2,1-3H3,(H,25,26,27)/p-1. The highest BCUT2D eigenvalue weighted by Gasteiger charge is 2.17. The fourth-order valence-corrected chi connectivity index (χ4v) is 4.16. The molecule has 0 aliphatic heterocycles. The predicted octanol–water partition coefficient (Wildman–Crippen LogP) is 4.17. The summed E-state index contributed by atoms with van der Waals surface area (Å²) in [4.78, 5) is 23.8. The highest BCUT2D eigenvalue weighted by Crippen LogP contribution is 2.31. The largest absolute Gasteiger partial charge is 0.744 e. The Kier molecular flexibility index (Phi) is 8.39. The van der Waals surface area contributed by atoms with Crippen molar-refractivity contribution < 1.29 is 32.0 Å². The van der Waals surface area contributed by atoms with Gasteiger partial charge in [0.1, 0.15) is 15.9 Å². The summed E-state index contributed by atoms with van der Waals surface area (Å²) >= 11 is 2.10. The van der Waals surface area contributed by atoms with Crippen LogP contribution >= 0.6 is 22.6 Å². The van der Waals surface area contributed by atoms with Crippen molar-refractivity contribution in [3.63, 3.8) is 0 Å². The lowest BCUT2D eigenvalue weighted by atomic mass is 10.0. The van der Waals surface area contributed by atoms with Gasteiger partial charge in [0.15, 0.2) is 0 Å². The van der Waals surface area contributed by atoms with E-state index in [9.17, 15) is 22.6 Å². The SMILES string of the molecule is Cc1cc(S(=O)(=O)[O-])c(C(C)C)cc1OC(=O)CCCOC(=O)c1cccc(I)c1. The minimum Gasteiger partial charge on any atom is -0.744 e. The molecule has 0 saturated carbocycles. The summed E-state index contributed by atoms with van der Waals surface area (Å²) in [6, 6.07) is 9.62. The van der Waals surface area contributed by atoms with Crippen LogP contribution in [-0.2, 0) is 19.6 Å². The van der Waals surface area contributed by atoms with Crippen LogP contribution < -0.4 is 4.74 Å². The van der Waals surface area contributed by atoms with Gasteiger partial charge in [-0.2, -0.15) is 0 Å². The number of carbonyl (C=O) groups excluding carboxylic acids is 2. The fraction of sp³-hybridized carbons (Fsp3) is 0.333. The molecule has 7 nitrogen and oxygen atoms in total. The molecule has 0 spiro atoms. The molecule has 0 heterocycles. The number of rotatable bonds is 8. The highest BCUT2D eigenvalue weighted by atomic mass is 127. The van der Waals surface area contributed by atoms with Crippen LogP contribution in [0.2, 0.25) is 0 Å². The Morgan fingerprint density at radius 3 is 2.47 bits per heavy atom. The van der Waals surface area contributed by atoms with Crippen LogP contribution in [-0.4, -0.2) is 31.5 Å². The molecule has 0 bridgehead atoms. The van der Waals surface area contributed by atoms with E-state index in [1.165, 1.54) is 12.1 Å². The van der Waals surface area contributed by atoms with Crippen molar-refractivity contribution in [1.29, 1.82) is 0 Å². The maximum Gasteiger partial charge on any atom is 0.338 e. The normalized spacial score (nSPS) is 11.4. The van der Waals surface area contributed by atoms with Crippen molar-refractivity contribution in [2.45, 2.75) is 44.4 Å². The topological polar surface area (TPSA) is 110 Å². The van der Waals surface area contributed by atoms with E-state index >= 15 is 0 Å². The first kappa shape index (κ1) is 24.3. The van der Waals surface area contributed by atoms with Gasteiger partial charge in [-0.25, -0.2) is 13.2 Å². The zero-order chi connectivity index (χ0) is 22.5. The Morgan fingerprint density at radius 2 is 1.87 bits per heavy atom. The molecular formula is C21H22IO7S-. The Labute approximate surface area is 189 Å². The predicted molar refractivity (Wildman–Crippen MR) is 118 cm³/mol. The van der Waals surface area contributed by atoms with Gasteiger partial charge in [0.25, 0.3) is 0 Å². The average molecular weight is 545 g/mol. The number of benzene rings is 2. The molecule has 2 rings (SSSR count). The van der Waals surface area contributed by atoms with Crippen molar-refractivity contribution in [2.75, 3.05) is 6.61 Å². The van der Waals surface area contributed by atoms with Crippen molar-refractivity contribution >= 4 is 44.6 Å². The van der Waals surface area contributed by atoms with Crippen LogP contribution in [0.1, 0.15) is 54.1 Å². The summed E-state index contributed by atoms with van der Waals surface area (Å²) in [6.45, 7) is 5.10. The number of esters is 2. The number of ether oxygens (including phenoxy) is 2. The summed E-state index contributed by atoms with van der Waals surface area (Å²) in [7, 11) is -4.64. The monoisotopic (exact) mass is 545 g/mol. The molecule has 30 heavy (non-hydrogen) atoms. The Balaban J connectivity index is 1.95. The van der Waals surface area contributed by atoms with E-state index in [0.717, 1.165) is 3.57 Å². The molecule has 2 aromatic rings. The number of hydrogen-bond acceptors (Lipinski definition) is 7. The van der Waals surface area contributed by atoms with Crippen LogP contribution in [0.25, 0.3) is 0 Å². The lowest BCUT2D eigenvalue weighted by Gasteiger charge is -2.18. The molecule has 0 saturated heterocycles. The molecular weight excluding hydrogens is 523 g/mol. The fourth-order valence-electron chi connectivity index (χ4n) is 2.71. The first-order chi connectivity index (χ1) is 14.0. The third-order valence-corrected chi connectivity index (χ3v) is 5.80. The van der Waals surface area contributed by atoms with Gasteiger partial charge in [-0.05, 0) is 83.3 Å². The summed E-state index contributed by atoms with van der Waals surface area (Å²) in [5, 5.41) is 0. The molecule has 0 aliphatic rings. The molecule has 0 N–H and O–H groups in total. The van der Waals surface area contributed by atoms with E-state index in [1.54, 1.807) is 39.0 Å². The van der Waals surface area contributed by atoms with Gasteiger partial charge in [0.05, 0.1) is 17.1 Å². The first-order valence-electron chi connectivity index (χ1n) is 9.23. The number of hydrogen-bond donors (Lipinski definition) is 0. The van der Waals surface area contributed by atoms with E-state index < -0.39 is 22.1 Å². The van der Waals surface area contributed by atoms with E-state index in [-0.39, 0.29) is 36.0 Å². The van der Waals surface area contributed by atoms with E-state index in [4.69, 9.17) is 9.47 Å². The summed E-state index contributed by atoms with van der Waals surface area (Å²) in [5.74, 6) is -1.06. The van der Waals surface area contributed by atoms with Crippen molar-refractivity contribution in [2.24, 2.45) is 0 Å². The summed E-state index contributed by atoms with van der Waals surface area (Å²) in [5.41, 5.74) is 1.10. The van der Waals surface area contributed by atoms with Crippen molar-refractivity contribution in [1.82, 2.24) is 0 Å². The third kappa shape index (κ3) is 6.78. The molecule has 0 unspecified atom stereocenters. The van der Waals surface area contributed by atoms with Gasteiger partial charge in [-0.3, -0.25) is 4.79 Å². The van der Waals surface area contributed by atoms with Crippen LogP contribution in [0, 0.1) is 10.5 Å². The second-order valence-electron chi connectivity index (χ2n) is 6.99. The second-order valence-corrected chi connectivity index (χ2v) is 9.58. The quantitative estimate of drug-likeness (QED) is 0.161. The van der Waals surface area contributed by atoms with Gasteiger partial charge in [0, 0.05) is 9.99 Å². The van der Waals surface area contributed by atoms with E-state index in [1.807, 2.05) is 6.07 Å². The minimum absolute atomic E-state index is 0.0116. The average Bonchev–Trinajstić information content (AvgIpc) is 2.65. The summed E-state index contributed by atoms with van der Waals surface area (Å²) < 4.78 is 45.9. The zero-order valence-electron chi connectivity index (χ0n) is 16.8. The van der Waals surface area contributed by atoms with E-state index in [2.05, 4.69) is 22.6 Å². The molecule has 0 radical (unpaired) electrons. The molecule has 0 amide bonds. The van der Waals surface area contributed by atoms with Gasteiger partial charge >= 0.3 is 11.9 Å². The minimum atomic E-state index is -4.64. The summed E-state index contributed by atoms with van der Waals surface area (Å²) in [6.07, 6.45) is 0.287. The number of halogens is 1. The smallest absolute Gasteiger partial charge is 0.338 e. The molecule has 2 aromatic carbocycles. The lowest BCUT2D eigenvalue weighted by Crippen LogP contribution is -2.13. The van der Waals surface area contributed by atoms with E-state index in [0.29, 0.717) is 16.7 Å². The molecule has 162 valence electrons. The van der Waals surface area contributed by atoms with Crippen LogP contribution in [0.5, 0.6) is 5.75 Å². The van der Waals surface area contributed by atoms with Crippen LogP contribution in [0.15, 0.2) is 41.3 Å². The first-order valence-corrected chi connectivity index (χ1v) is 11.7. The van der Waals surface area contributed by atoms with Gasteiger partial charge in [-0.1, -0.05) is 19.9 Å². The molecule has 0 aliphatic carbocycles. The Hall–Kier alpha value is -1.98. The Morgan fingerprint density at radius 1 is 1.17 bits per heavy atom. The van der Waals surface area contributed by atoms with Gasteiger partial charge in [-0.15, -0.1) is 0 Å². The van der Waals surface area contributed by atoms with Gasteiger partial charge < -0.3 is 14.0 Å². The Bertz CT molecular complexity index is 1050. The highest BCUT2D eigenvalue weighted by molar-refractivity contribution is 14.1. The van der Waals surface area contributed by atoms with Crippen molar-refractivity contribution in [3.8, 4) is 5.75 Å². The zero-order valence-corrected chi connectivity index (χ0v) is 19.8. The second kappa shape index (κ2) is 10.4. The molecule has 0 aromatic heterocycles. The molecule has 0 atom stereocenters. The molecule has 0 fully saturated rings. The van der Waals surface area contributed by atoms with Crippen LogP contribution in [0.3, 0.4) is 0 Å². The van der Waals surface area contributed by atoms with Crippen LogP contribution in [0.4, 0.5) is 0 Å². The molecule has 9 heteroatoms. The van der Waals surface area contributed by atoms with Gasteiger partial charge in [0.2, 0.25) is 0 Å². The maximum atomic E-state index is 12.1. The maximum absolute atomic E-state index is 12.1. The lowest BCUT2D eigenvalue weighted by molar-refractivity contribution is -0.134.